The molecule has 0 saturated heterocycles. The number of carboxylic acid groups (broad SMARTS) is 1. The van der Waals surface area contributed by atoms with Gasteiger partial charge in [-0.1, -0.05) is 88.3 Å². The van der Waals surface area contributed by atoms with Gasteiger partial charge in [-0.05, 0) is 49.4 Å². The first-order valence-electron chi connectivity index (χ1n) is 13.0. The van der Waals surface area contributed by atoms with Crippen LogP contribution in [0.5, 0.6) is 0 Å². The Morgan fingerprint density at radius 3 is 2.29 bits per heavy atom. The molecule has 34 heavy (non-hydrogen) atoms. The molecule has 0 radical (unpaired) electrons. The molecule has 1 aromatic carbocycles. The first-order valence-corrected chi connectivity index (χ1v) is 13.0. The molecule has 1 aliphatic carbocycles. The predicted molar refractivity (Wildman–Crippen MR) is 139 cm³/mol. The van der Waals surface area contributed by atoms with Crippen molar-refractivity contribution >= 4 is 5.97 Å². The van der Waals surface area contributed by atoms with E-state index in [-0.39, 0.29) is 11.8 Å². The first kappa shape index (κ1) is 28.0. The highest BCUT2D eigenvalue weighted by molar-refractivity contribution is 5.75. The molecule has 2 aromatic rings. The summed E-state index contributed by atoms with van der Waals surface area (Å²) in [5.41, 5.74) is 3.39. The highest BCUT2D eigenvalue weighted by Crippen LogP contribution is 2.47. The maximum atomic E-state index is 10.5. The number of aromatic nitrogens is 1. The number of benzene rings is 1. The van der Waals surface area contributed by atoms with E-state index in [0.29, 0.717) is 12.6 Å². The van der Waals surface area contributed by atoms with Crippen LogP contribution in [0.3, 0.4) is 0 Å². The summed E-state index contributed by atoms with van der Waals surface area (Å²) < 4.78 is 5.08. The molecule has 188 valence electrons. The number of hydrogen-bond acceptors (Lipinski definition) is 4. The van der Waals surface area contributed by atoms with Crippen molar-refractivity contribution in [3.63, 3.8) is 0 Å². The molecule has 0 unspecified atom stereocenters. The molecule has 0 spiro atoms. The van der Waals surface area contributed by atoms with E-state index in [2.05, 4.69) is 30.2 Å². The fourth-order valence-electron chi connectivity index (χ4n) is 4.16. The Morgan fingerprint density at radius 2 is 1.74 bits per heavy atom. The molecule has 1 heterocycles. The number of pyridine rings is 1. The fourth-order valence-corrected chi connectivity index (χ4v) is 4.16. The average molecular weight is 469 g/mol. The number of aliphatic carboxylic acids is 1. The van der Waals surface area contributed by atoms with Crippen LogP contribution >= 0.6 is 0 Å². The first-order chi connectivity index (χ1) is 16.6. The largest absolute Gasteiger partial charge is 0.481 e. The fraction of sp³-hybridized carbons (Fsp3) is 0.586. The summed E-state index contributed by atoms with van der Waals surface area (Å²) in [7, 11) is 1.70. The number of nitrogens with zero attached hydrogens (tertiary/aromatic N) is 1. The summed E-state index contributed by atoms with van der Waals surface area (Å²) in [4.78, 5) is 15.0. The van der Waals surface area contributed by atoms with Crippen LogP contribution in [0.15, 0.2) is 48.7 Å². The molecule has 2 N–H and O–H groups in total. The van der Waals surface area contributed by atoms with Crippen LogP contribution < -0.4 is 5.32 Å². The lowest BCUT2D eigenvalue weighted by molar-refractivity contribution is -0.138. The summed E-state index contributed by atoms with van der Waals surface area (Å²) >= 11 is 0. The summed E-state index contributed by atoms with van der Waals surface area (Å²) in [6, 6.07) is 14.4. The van der Waals surface area contributed by atoms with E-state index in [1.807, 2.05) is 42.6 Å². The highest BCUT2D eigenvalue weighted by Gasteiger charge is 2.43. The van der Waals surface area contributed by atoms with E-state index in [4.69, 9.17) is 9.84 Å². The zero-order valence-corrected chi connectivity index (χ0v) is 21.3. The van der Waals surface area contributed by atoms with Crippen LogP contribution in [0, 0.1) is 5.92 Å². The van der Waals surface area contributed by atoms with Gasteiger partial charge < -0.3 is 15.2 Å². The van der Waals surface area contributed by atoms with Crippen LogP contribution in [0.4, 0.5) is 0 Å². The van der Waals surface area contributed by atoms with Gasteiger partial charge in [0.15, 0.2) is 0 Å². The van der Waals surface area contributed by atoms with Gasteiger partial charge in [0.1, 0.15) is 0 Å². The maximum absolute atomic E-state index is 10.5. The van der Waals surface area contributed by atoms with Crippen LogP contribution in [0.1, 0.15) is 100 Å². The van der Waals surface area contributed by atoms with Gasteiger partial charge in [0, 0.05) is 19.3 Å². The van der Waals surface area contributed by atoms with Crippen molar-refractivity contribution < 1.29 is 14.6 Å². The number of ether oxygens (including phenoxy) is 1. The third-order valence-corrected chi connectivity index (χ3v) is 6.46. The van der Waals surface area contributed by atoms with Gasteiger partial charge in [-0.25, -0.2) is 0 Å². The zero-order valence-electron chi connectivity index (χ0n) is 21.3. The standard InChI is InChI=1S/C19H34N2O.C10H10O2/c1-4-5-6-7-8-9-10-11-14-20-17(2)18-12-13-19(16-22-3)21-15-18;11-10(12)9-6-8(9)7-4-2-1-3-5-7/h12-13,15,17,20H,4-11,14,16H2,1-3H3;1-5,8-9H,6H2,(H,11,12)/t17-;8-,9+/m01/s1. The third kappa shape index (κ3) is 10.8. The molecular formula is C29H44N2O3. The molecule has 0 bridgehead atoms. The molecule has 1 fully saturated rings. The van der Waals surface area contributed by atoms with E-state index in [1.54, 1.807) is 7.11 Å². The molecule has 1 aliphatic rings. The van der Waals surface area contributed by atoms with E-state index >= 15 is 0 Å². The number of carboxylic acids is 1. The Morgan fingerprint density at radius 1 is 1.06 bits per heavy atom. The van der Waals surface area contributed by atoms with Crippen molar-refractivity contribution in [1.82, 2.24) is 10.3 Å². The average Bonchev–Trinajstić information content (AvgIpc) is 3.66. The Labute approximate surface area is 206 Å². The smallest absolute Gasteiger partial charge is 0.307 e. The van der Waals surface area contributed by atoms with Gasteiger partial charge >= 0.3 is 5.97 Å². The molecule has 1 aromatic heterocycles. The summed E-state index contributed by atoms with van der Waals surface area (Å²) in [5, 5.41) is 12.3. The normalized spacial score (nSPS) is 17.5. The zero-order chi connectivity index (χ0) is 24.6. The van der Waals surface area contributed by atoms with E-state index in [1.165, 1.54) is 56.9 Å². The Balaban J connectivity index is 0.000000283. The summed E-state index contributed by atoms with van der Waals surface area (Å²) in [6.07, 6.45) is 13.7. The minimum Gasteiger partial charge on any atom is -0.481 e. The van der Waals surface area contributed by atoms with Gasteiger partial charge in [-0.15, -0.1) is 0 Å². The lowest BCUT2D eigenvalue weighted by Crippen LogP contribution is -2.20. The third-order valence-electron chi connectivity index (χ3n) is 6.46. The molecule has 5 nitrogen and oxygen atoms in total. The number of carbonyl (C=O) groups is 1. The van der Waals surface area contributed by atoms with E-state index in [0.717, 1.165) is 24.2 Å². The molecule has 1 saturated carbocycles. The number of methoxy groups -OCH3 is 1. The summed E-state index contributed by atoms with van der Waals surface area (Å²) in [6.45, 7) is 6.15. The minimum atomic E-state index is -0.663. The highest BCUT2D eigenvalue weighted by atomic mass is 16.5. The van der Waals surface area contributed by atoms with Crippen LogP contribution in [-0.4, -0.2) is 29.7 Å². The maximum Gasteiger partial charge on any atom is 0.307 e. The van der Waals surface area contributed by atoms with Gasteiger partial charge in [0.25, 0.3) is 0 Å². The molecular weight excluding hydrogens is 424 g/mol. The number of nitrogens with one attached hydrogen (secondary N) is 1. The van der Waals surface area contributed by atoms with Gasteiger partial charge in [0.2, 0.25) is 0 Å². The Hall–Kier alpha value is -2.24. The van der Waals surface area contributed by atoms with Crippen molar-refractivity contribution in [1.29, 1.82) is 0 Å². The summed E-state index contributed by atoms with van der Waals surface area (Å²) in [5.74, 6) is -0.528. The van der Waals surface area contributed by atoms with Crippen molar-refractivity contribution in [2.45, 2.75) is 90.2 Å². The molecule has 0 amide bonds. The molecule has 5 heteroatoms. The van der Waals surface area contributed by atoms with Crippen molar-refractivity contribution in [2.75, 3.05) is 13.7 Å². The SMILES string of the molecule is CCCCCCCCCCN[C@@H](C)c1ccc(COC)nc1.O=C(O)[C@H]1C[C@@H]1c1ccccc1. The molecule has 0 aliphatic heterocycles. The Kier molecular flexibility index (Phi) is 13.5. The van der Waals surface area contributed by atoms with Crippen LogP contribution in [0.2, 0.25) is 0 Å². The second-order valence-electron chi connectivity index (χ2n) is 9.36. The van der Waals surface area contributed by atoms with Crippen molar-refractivity contribution in [3.05, 3.63) is 65.5 Å². The monoisotopic (exact) mass is 468 g/mol. The lowest BCUT2D eigenvalue weighted by atomic mass is 10.1. The minimum absolute atomic E-state index is 0.132. The second kappa shape index (κ2) is 16.4. The Bertz CT molecular complexity index is 795. The van der Waals surface area contributed by atoms with Gasteiger partial charge in [-0.2, -0.15) is 0 Å². The van der Waals surface area contributed by atoms with Crippen LogP contribution in [-0.2, 0) is 16.1 Å². The second-order valence-corrected chi connectivity index (χ2v) is 9.36. The van der Waals surface area contributed by atoms with E-state index < -0.39 is 5.97 Å². The predicted octanol–water partition coefficient (Wildman–Crippen LogP) is 6.89. The van der Waals surface area contributed by atoms with E-state index in [9.17, 15) is 4.79 Å². The number of hydrogen-bond donors (Lipinski definition) is 2. The quantitative estimate of drug-likeness (QED) is 0.278. The van der Waals surface area contributed by atoms with Crippen LogP contribution in [0.25, 0.3) is 0 Å². The van der Waals surface area contributed by atoms with Crippen molar-refractivity contribution in [3.8, 4) is 0 Å². The number of rotatable bonds is 15. The van der Waals surface area contributed by atoms with Gasteiger partial charge in [0.05, 0.1) is 18.2 Å². The molecule has 3 rings (SSSR count). The lowest BCUT2D eigenvalue weighted by Gasteiger charge is -2.14. The van der Waals surface area contributed by atoms with Crippen molar-refractivity contribution in [2.24, 2.45) is 5.92 Å². The van der Waals surface area contributed by atoms with Gasteiger partial charge in [-0.3, -0.25) is 9.78 Å². The topological polar surface area (TPSA) is 71.5 Å². The number of unbranched alkanes of at least 4 members (excludes halogenated alkanes) is 7. The molecule has 3 atom stereocenters.